The molecule has 266 valence electrons. The number of carbonyl (C=O) groups excluding carboxylic acids is 1. The van der Waals surface area contributed by atoms with Crippen LogP contribution in [-0.2, 0) is 12.8 Å². The van der Waals surface area contributed by atoms with Gasteiger partial charge in [0.1, 0.15) is 23.2 Å². The molecule has 12 nitrogen and oxygen atoms in total. The fourth-order valence-electron chi connectivity index (χ4n) is 9.11. The monoisotopic (exact) mass is 693 g/mol. The molecule has 2 bridgehead atoms. The first-order chi connectivity index (χ1) is 24.6. The zero-order valence-corrected chi connectivity index (χ0v) is 29.9. The van der Waals surface area contributed by atoms with E-state index in [1.54, 1.807) is 20.3 Å². The number of ether oxygens (including phenoxy) is 4. The number of fused-ring (bicyclic) bond motifs is 8. The number of likely N-dealkylation sites (N-methyl/N-ethyl adjacent to an activating group) is 1. The Morgan fingerprint density at radius 3 is 2.10 bits per heavy atom. The highest BCUT2D eigenvalue weighted by Gasteiger charge is 2.57. The van der Waals surface area contributed by atoms with Crippen molar-refractivity contribution in [2.45, 2.75) is 63.3 Å². The zero-order valence-electron chi connectivity index (χ0n) is 29.9. The molecule has 1 aromatic heterocycles. The van der Waals surface area contributed by atoms with E-state index in [0.29, 0.717) is 70.2 Å². The van der Waals surface area contributed by atoms with Crippen molar-refractivity contribution in [3.63, 3.8) is 0 Å². The van der Waals surface area contributed by atoms with Crippen LogP contribution in [0.5, 0.6) is 34.5 Å². The number of hydrogen-bond acceptors (Lipinski definition) is 11. The van der Waals surface area contributed by atoms with Gasteiger partial charge in [0.15, 0.2) is 23.0 Å². The lowest BCUT2D eigenvalue weighted by Crippen LogP contribution is -2.68. The second-order valence-electron chi connectivity index (χ2n) is 13.5. The number of nitrogens with zero attached hydrogens (tertiary/aromatic N) is 4. The summed E-state index contributed by atoms with van der Waals surface area (Å²) in [6, 6.07) is 11.6. The minimum Gasteiger partial charge on any atom is -0.504 e. The summed E-state index contributed by atoms with van der Waals surface area (Å²) in [5.74, 6) is 1.59. The summed E-state index contributed by atoms with van der Waals surface area (Å²) in [6.07, 6.45) is 1.20. The van der Waals surface area contributed by atoms with Crippen molar-refractivity contribution in [2.75, 3.05) is 42.0 Å². The number of para-hydroxylation sites is 1. The highest BCUT2D eigenvalue weighted by atomic mass is 16.5. The highest BCUT2D eigenvalue weighted by Crippen LogP contribution is 2.59. The van der Waals surface area contributed by atoms with Gasteiger partial charge in [0, 0.05) is 63.4 Å². The number of carbonyl (C=O) groups is 1. The molecule has 4 heterocycles. The van der Waals surface area contributed by atoms with Gasteiger partial charge in [0.2, 0.25) is 0 Å². The van der Waals surface area contributed by atoms with Crippen LogP contribution in [0.15, 0.2) is 36.4 Å². The molecule has 51 heavy (non-hydrogen) atoms. The second-order valence-corrected chi connectivity index (χ2v) is 13.5. The number of nitriles is 1. The van der Waals surface area contributed by atoms with Crippen LogP contribution in [0.25, 0.3) is 10.9 Å². The Labute approximate surface area is 297 Å². The molecule has 2 unspecified atom stereocenters. The largest absolute Gasteiger partial charge is 0.504 e. The fourth-order valence-corrected chi connectivity index (χ4v) is 9.11. The molecular formula is C39H43N5O7. The van der Waals surface area contributed by atoms with Crippen molar-refractivity contribution in [1.82, 2.24) is 20.1 Å². The van der Waals surface area contributed by atoms with E-state index in [2.05, 4.69) is 26.2 Å². The Bertz CT molecular complexity index is 2100. The number of amides is 1. The van der Waals surface area contributed by atoms with Crippen molar-refractivity contribution < 1.29 is 34.0 Å². The topological polar surface area (TPSA) is 150 Å². The first-order valence-electron chi connectivity index (χ1n) is 17.1. The third-order valence-corrected chi connectivity index (χ3v) is 11.2. The van der Waals surface area contributed by atoms with Crippen LogP contribution < -0.4 is 24.3 Å². The fraction of sp³-hybridized carbons (Fsp3) is 0.410. The van der Waals surface area contributed by atoms with E-state index in [1.165, 1.54) is 14.2 Å². The van der Waals surface area contributed by atoms with Crippen LogP contribution in [0.1, 0.15) is 62.4 Å². The molecule has 1 fully saturated rings. The number of hydrogen-bond donors (Lipinski definition) is 3. The lowest BCUT2D eigenvalue weighted by atomic mass is 9.71. The average molecular weight is 694 g/mol. The van der Waals surface area contributed by atoms with E-state index in [0.717, 1.165) is 22.0 Å². The summed E-state index contributed by atoms with van der Waals surface area (Å²) in [6.45, 7) is 3.93. The van der Waals surface area contributed by atoms with E-state index >= 15 is 0 Å². The van der Waals surface area contributed by atoms with Crippen LogP contribution in [0.2, 0.25) is 0 Å². The van der Waals surface area contributed by atoms with Gasteiger partial charge < -0.3 is 34.5 Å². The van der Waals surface area contributed by atoms with E-state index in [9.17, 15) is 20.3 Å². The molecule has 3 aliphatic rings. The molecule has 3 aromatic carbocycles. The molecule has 1 amide bonds. The predicted octanol–water partition coefficient (Wildman–Crippen LogP) is 4.89. The number of benzene rings is 3. The summed E-state index contributed by atoms with van der Waals surface area (Å²) >= 11 is 0. The maximum absolute atomic E-state index is 13.4. The Morgan fingerprint density at radius 1 is 0.882 bits per heavy atom. The first-order valence-corrected chi connectivity index (χ1v) is 17.1. The second kappa shape index (κ2) is 13.1. The van der Waals surface area contributed by atoms with Gasteiger partial charge >= 0.3 is 0 Å². The van der Waals surface area contributed by atoms with Gasteiger partial charge in [0.05, 0.1) is 46.1 Å². The standard InChI is InChI=1S/C39H43N5O7/c1-19-35(48-4)22-17-28-32-31-23(36(49-5)20(2)38(51-7)34(31)46)16-27(43(32)3)29(18-40)44(28)26(30(22)33(45)37(19)50-6)14-15-41-39(47)25-13-12-21-10-8-9-11-24(21)42-25/h8-13,26-29,32,45-46H,14-17H2,1-7H3,(H,41,47)/t26-,27?,28-,29-,32?/m0/s1. The van der Waals surface area contributed by atoms with Crippen molar-refractivity contribution in [3.05, 3.63) is 75.5 Å². The Hall–Kier alpha value is -5.25. The number of pyridine rings is 1. The molecule has 1 saturated heterocycles. The van der Waals surface area contributed by atoms with Crippen molar-refractivity contribution >= 4 is 16.8 Å². The van der Waals surface area contributed by atoms with Crippen molar-refractivity contribution in [3.8, 4) is 40.6 Å². The van der Waals surface area contributed by atoms with Gasteiger partial charge in [-0.3, -0.25) is 14.6 Å². The minimum atomic E-state index is -0.618. The molecule has 3 aliphatic heterocycles. The van der Waals surface area contributed by atoms with E-state index < -0.39 is 12.1 Å². The lowest BCUT2D eigenvalue weighted by molar-refractivity contribution is -0.0746. The first kappa shape index (κ1) is 34.2. The molecular weight excluding hydrogens is 650 g/mol. The van der Waals surface area contributed by atoms with E-state index in [4.69, 9.17) is 18.9 Å². The van der Waals surface area contributed by atoms with Crippen LogP contribution in [0, 0.1) is 25.2 Å². The maximum Gasteiger partial charge on any atom is 0.269 e. The summed E-state index contributed by atoms with van der Waals surface area (Å²) in [5, 5.41) is 38.7. The smallest absolute Gasteiger partial charge is 0.269 e. The Morgan fingerprint density at radius 2 is 1.47 bits per heavy atom. The maximum atomic E-state index is 13.4. The molecule has 0 spiro atoms. The van der Waals surface area contributed by atoms with Crippen molar-refractivity contribution in [1.29, 1.82) is 5.26 Å². The number of piperazine rings is 1. The van der Waals surface area contributed by atoms with Gasteiger partial charge in [-0.1, -0.05) is 24.3 Å². The molecule has 4 aromatic rings. The number of methoxy groups -OCH3 is 4. The SMILES string of the molecule is COc1c(C)c(OC)c2c(c1O)C1[C@@H]3Cc4c(OC)c(C)c(OC)c(O)c4[C@H](CCNC(=O)c4ccc5ccccc5n4)N3[C@@H](C#N)C(C2)N1C. The molecule has 0 saturated carbocycles. The third-order valence-electron chi connectivity index (χ3n) is 11.2. The van der Waals surface area contributed by atoms with Gasteiger partial charge in [-0.25, -0.2) is 4.98 Å². The summed E-state index contributed by atoms with van der Waals surface area (Å²) < 4.78 is 23.4. The van der Waals surface area contributed by atoms with Crippen LogP contribution in [0.3, 0.4) is 0 Å². The Balaban J connectivity index is 1.36. The Kier molecular flexibility index (Phi) is 8.81. The summed E-state index contributed by atoms with van der Waals surface area (Å²) in [5.41, 5.74) is 5.34. The van der Waals surface area contributed by atoms with Crippen LogP contribution in [-0.4, -0.2) is 91.1 Å². The molecule has 0 aliphatic carbocycles. The van der Waals surface area contributed by atoms with Gasteiger partial charge in [-0.2, -0.15) is 5.26 Å². The molecule has 3 N–H and O–H groups in total. The van der Waals surface area contributed by atoms with Gasteiger partial charge in [-0.15, -0.1) is 0 Å². The third kappa shape index (κ3) is 5.09. The summed E-state index contributed by atoms with van der Waals surface area (Å²) in [4.78, 5) is 22.3. The molecule has 5 atom stereocenters. The number of rotatable bonds is 8. The molecule has 0 radical (unpaired) electrons. The number of nitrogens with one attached hydrogen (secondary N) is 1. The van der Waals surface area contributed by atoms with E-state index in [-0.39, 0.29) is 42.1 Å². The van der Waals surface area contributed by atoms with Gasteiger partial charge in [0.25, 0.3) is 5.91 Å². The normalized spacial score (nSPS) is 22.3. The average Bonchev–Trinajstić information content (AvgIpc) is 3.12. The highest BCUT2D eigenvalue weighted by molar-refractivity contribution is 5.94. The quantitative estimate of drug-likeness (QED) is 0.232. The number of aromatic nitrogens is 1. The zero-order chi connectivity index (χ0) is 36.3. The number of aromatic hydroxyl groups is 2. The van der Waals surface area contributed by atoms with Crippen LogP contribution >= 0.6 is 0 Å². The lowest BCUT2D eigenvalue weighted by Gasteiger charge is -2.60. The molecule has 7 rings (SSSR count). The summed E-state index contributed by atoms with van der Waals surface area (Å²) in [7, 11) is 8.23. The van der Waals surface area contributed by atoms with E-state index in [1.807, 2.05) is 51.2 Å². The molecule has 12 heteroatoms. The van der Waals surface area contributed by atoms with Crippen molar-refractivity contribution in [2.24, 2.45) is 0 Å². The van der Waals surface area contributed by atoms with Crippen LogP contribution in [0.4, 0.5) is 0 Å². The predicted molar refractivity (Wildman–Crippen MR) is 190 cm³/mol. The minimum absolute atomic E-state index is 0.0141. The van der Waals surface area contributed by atoms with Gasteiger partial charge in [-0.05, 0) is 52.3 Å². The number of phenols is 2. The number of phenolic OH excluding ortho intramolecular Hbond substituents is 2.